The van der Waals surface area contributed by atoms with Gasteiger partial charge in [-0.2, -0.15) is 4.98 Å². The second-order valence-electron chi connectivity index (χ2n) is 22.6. The maximum atomic E-state index is 14.8. The van der Waals surface area contributed by atoms with Crippen LogP contribution in [0.1, 0.15) is 118 Å². The van der Waals surface area contributed by atoms with Crippen molar-refractivity contribution >= 4 is 55.4 Å². The fraction of sp³-hybridized carbons (Fsp3) is 0.527. The van der Waals surface area contributed by atoms with Crippen LogP contribution in [0.3, 0.4) is 0 Å². The molecule has 2 aromatic heterocycles. The zero-order chi connectivity index (χ0) is 50.4. The van der Waals surface area contributed by atoms with E-state index in [1.54, 1.807) is 6.07 Å². The van der Waals surface area contributed by atoms with Crippen LogP contribution in [-0.2, 0) is 14.8 Å². The van der Waals surface area contributed by atoms with Crippen LogP contribution in [0.15, 0.2) is 77.8 Å². The maximum Gasteiger partial charge on any atom is 0.297 e. The van der Waals surface area contributed by atoms with Gasteiger partial charge in [0, 0.05) is 67.0 Å². The molecule has 4 N–H and O–H groups in total. The van der Waals surface area contributed by atoms with Gasteiger partial charge in [0.2, 0.25) is 5.88 Å². The highest BCUT2D eigenvalue weighted by Crippen LogP contribution is 2.55. The number of benzene rings is 3. The highest BCUT2D eigenvalue weighted by molar-refractivity contribution is 7.90. The van der Waals surface area contributed by atoms with E-state index in [0.29, 0.717) is 86.3 Å². The van der Waals surface area contributed by atoms with Crippen molar-refractivity contribution in [3.8, 4) is 11.6 Å². The van der Waals surface area contributed by atoms with Crippen LogP contribution in [0.4, 0.5) is 28.4 Å². The zero-order valence-corrected chi connectivity index (χ0v) is 42.7. The first-order valence-corrected chi connectivity index (χ1v) is 27.8. The van der Waals surface area contributed by atoms with Gasteiger partial charge in [0.1, 0.15) is 24.0 Å². The number of aliphatic hydroxyl groups is 1. The Morgan fingerprint density at radius 1 is 0.945 bits per heavy atom. The number of rotatable bonds is 10. The van der Waals surface area contributed by atoms with Crippen molar-refractivity contribution in [1.82, 2.24) is 19.6 Å². The number of aromatic nitrogens is 2. The van der Waals surface area contributed by atoms with Crippen LogP contribution >= 0.6 is 0 Å². The molecule has 0 bridgehead atoms. The van der Waals surface area contributed by atoms with E-state index in [-0.39, 0.29) is 53.0 Å². The lowest BCUT2D eigenvalue weighted by Crippen LogP contribution is -2.55. The monoisotopic (exact) mass is 1010 g/mol. The number of hydrogen-bond acceptors (Lipinski definition) is 14. The van der Waals surface area contributed by atoms with Gasteiger partial charge in [0.25, 0.3) is 21.6 Å². The van der Waals surface area contributed by atoms with Crippen LogP contribution < -0.4 is 29.3 Å². The van der Waals surface area contributed by atoms with Crippen molar-refractivity contribution in [2.45, 2.75) is 126 Å². The summed E-state index contributed by atoms with van der Waals surface area (Å²) in [4.78, 5) is 41.5. The number of nitrogens with one attached hydrogen (secondary N) is 3. The molecule has 17 nitrogen and oxygen atoms in total. The lowest BCUT2D eigenvalue weighted by Gasteiger charge is -2.56. The fourth-order valence-electron chi connectivity index (χ4n) is 13.4. The normalized spacial score (nSPS) is 27.1. The quantitative estimate of drug-likeness (QED) is 0.0762. The highest BCUT2D eigenvalue weighted by atomic mass is 32.2. The molecule has 18 heteroatoms. The molecule has 2 saturated carbocycles. The Balaban J connectivity index is 0.826. The summed E-state index contributed by atoms with van der Waals surface area (Å²) in [5.41, 5.74) is 4.86. The second kappa shape index (κ2) is 18.5. The summed E-state index contributed by atoms with van der Waals surface area (Å²) >= 11 is 0. The van der Waals surface area contributed by atoms with Crippen LogP contribution in [0.5, 0.6) is 11.6 Å². The summed E-state index contributed by atoms with van der Waals surface area (Å²) in [6.45, 7) is 10.6. The summed E-state index contributed by atoms with van der Waals surface area (Å²) in [5, 5.41) is 27.2. The summed E-state index contributed by atoms with van der Waals surface area (Å²) in [6.07, 6.45) is 11.1. The van der Waals surface area contributed by atoms with Crippen molar-refractivity contribution in [3.63, 3.8) is 0 Å². The molecule has 7 aliphatic rings. The molecule has 1 spiro atoms. The summed E-state index contributed by atoms with van der Waals surface area (Å²) in [6, 6.07) is 21.5. The average molecular weight is 1020 g/mol. The van der Waals surface area contributed by atoms with Crippen molar-refractivity contribution in [1.29, 1.82) is 0 Å². The molecule has 4 atom stereocenters. The first-order chi connectivity index (χ1) is 35.1. The van der Waals surface area contributed by atoms with E-state index < -0.39 is 37.0 Å². The van der Waals surface area contributed by atoms with Crippen LogP contribution in [0.2, 0.25) is 0 Å². The Morgan fingerprint density at radius 2 is 1.74 bits per heavy atom. The third-order valence-corrected chi connectivity index (χ3v) is 18.9. The van der Waals surface area contributed by atoms with E-state index >= 15 is 0 Å². The number of carbonyl (C=O) groups excluding carboxylic acids is 1. The zero-order valence-electron chi connectivity index (χ0n) is 41.8. The molecule has 12 rings (SSSR count). The predicted octanol–water partition coefficient (Wildman–Crippen LogP) is 8.96. The Morgan fingerprint density at radius 3 is 2.52 bits per heavy atom. The minimum Gasteiger partial charge on any atom is -0.489 e. The molecule has 5 aliphatic heterocycles. The molecule has 1 amide bonds. The van der Waals surface area contributed by atoms with Gasteiger partial charge in [0.05, 0.1) is 45.9 Å². The molecule has 386 valence electrons. The molecule has 5 fully saturated rings. The minimum absolute atomic E-state index is 0.0117. The van der Waals surface area contributed by atoms with E-state index in [1.165, 1.54) is 42.9 Å². The number of aromatic amines is 1. The number of nitrogens with zero attached hydrogens (tertiary/aromatic N) is 5. The van der Waals surface area contributed by atoms with Crippen LogP contribution in [0.25, 0.3) is 11.0 Å². The lowest BCUT2D eigenvalue weighted by atomic mass is 9.59. The molecule has 3 aromatic carbocycles. The number of fused-ring (bicyclic) bond motifs is 4. The average Bonchev–Trinajstić information content (AvgIpc) is 4.14. The number of ether oxygens (including phenoxy) is 3. The first kappa shape index (κ1) is 48.0. The van der Waals surface area contributed by atoms with Gasteiger partial charge in [-0.05, 0) is 136 Å². The molecule has 2 aliphatic carbocycles. The number of anilines is 4. The van der Waals surface area contributed by atoms with Crippen molar-refractivity contribution in [2.75, 3.05) is 61.1 Å². The molecular formula is C55H66N8O9S. The van der Waals surface area contributed by atoms with Gasteiger partial charge < -0.3 is 39.4 Å². The fourth-order valence-corrected chi connectivity index (χ4v) is 14.4. The Hall–Kier alpha value is -5.95. The number of H-pyrrole nitrogens is 1. The van der Waals surface area contributed by atoms with Gasteiger partial charge in [0.15, 0.2) is 11.4 Å². The van der Waals surface area contributed by atoms with E-state index in [0.717, 1.165) is 49.6 Å². The Labute approximate surface area is 426 Å². The third kappa shape index (κ3) is 8.94. The topological polar surface area (TPSA) is 205 Å². The number of hydrogen-bond donors (Lipinski definition) is 4. The Bertz CT molecular complexity index is 3060. The number of amides is 1. The number of nitro groups is 1. The molecule has 73 heavy (non-hydrogen) atoms. The standard InChI is InChI=1S/C55H66N8O9S/c1-33(2)40-7-4-5-8-41(40)44-9-6-20-61(44)38-27-55(28-38)17-21-60(22-18-55)37-10-11-42(45(24-37)62-29-36-30-70-32-49(36)72-53-47(62)23-35-14-19-56-51(35)58-53)52(64)59-73(68,69)39-25-46(63(66)67)50-48(26-39)71-31-43(57-50)34-12-15-54(3,65)16-13-34/h4-5,7-8,10-11,14,19,23-26,33-34,36,38,43-44,49,57,65H,6,9,12-13,15-18,20-22,27-32H2,1-3H3,(H,56,58)(H,59,64)/t34?,36-,43-,44-,49-,54?/m0/s1. The number of nitro benzene ring substituents is 1. The summed E-state index contributed by atoms with van der Waals surface area (Å²) < 4.78 is 49.6. The van der Waals surface area contributed by atoms with Gasteiger partial charge in [-0.3, -0.25) is 19.8 Å². The summed E-state index contributed by atoms with van der Waals surface area (Å²) in [7, 11) is -4.70. The minimum atomic E-state index is -4.70. The molecule has 0 radical (unpaired) electrons. The van der Waals surface area contributed by atoms with E-state index in [4.69, 9.17) is 19.2 Å². The van der Waals surface area contributed by atoms with Gasteiger partial charge in [-0.15, -0.1) is 0 Å². The van der Waals surface area contributed by atoms with Crippen molar-refractivity contribution in [3.05, 3.63) is 99.7 Å². The van der Waals surface area contributed by atoms with E-state index in [9.17, 15) is 28.4 Å². The summed E-state index contributed by atoms with van der Waals surface area (Å²) in [5.74, 6) is -0.0223. The number of likely N-dealkylation sites (tertiary alicyclic amines) is 1. The number of sulfonamides is 1. The second-order valence-corrected chi connectivity index (χ2v) is 24.3. The molecule has 5 aromatic rings. The lowest BCUT2D eigenvalue weighted by molar-refractivity contribution is -0.384. The van der Waals surface area contributed by atoms with Crippen LogP contribution in [-0.4, -0.2) is 109 Å². The number of carbonyl (C=O) groups is 1. The SMILES string of the molecule is CC(C)c1ccccc1[C@@H]1CCCN1C1CC2(CCN(c3ccc(C(=O)NS(=O)(=O)c4cc5c(c([N+](=O)[O-])c4)N[C@H](C4CCC(C)(O)CC4)CO5)c(N4C[C@H]5COC[C@@H]5Oc5nc6[nH]ccc6cc54)c3)CC2)C1. The molecular weight excluding hydrogens is 949 g/mol. The largest absolute Gasteiger partial charge is 0.489 e. The van der Waals surface area contributed by atoms with Crippen molar-refractivity contribution < 1.29 is 37.5 Å². The van der Waals surface area contributed by atoms with Gasteiger partial charge in [-0.25, -0.2) is 13.1 Å². The number of pyridine rings is 1. The predicted molar refractivity (Wildman–Crippen MR) is 278 cm³/mol. The number of piperidine rings is 1. The molecule has 0 unspecified atom stereocenters. The highest BCUT2D eigenvalue weighted by Gasteiger charge is 2.50. The molecule has 7 heterocycles. The van der Waals surface area contributed by atoms with E-state index in [1.807, 2.05) is 42.3 Å². The van der Waals surface area contributed by atoms with Crippen LogP contribution in [0, 0.1) is 27.4 Å². The third-order valence-electron chi connectivity index (χ3n) is 17.6. The molecule has 3 saturated heterocycles. The van der Waals surface area contributed by atoms with Gasteiger partial charge >= 0.3 is 0 Å². The smallest absolute Gasteiger partial charge is 0.297 e. The first-order valence-electron chi connectivity index (χ1n) is 26.4. The van der Waals surface area contributed by atoms with Gasteiger partial charge in [-0.1, -0.05) is 38.1 Å². The van der Waals surface area contributed by atoms with E-state index in [2.05, 4.69) is 62.9 Å². The van der Waals surface area contributed by atoms with Crippen molar-refractivity contribution in [2.24, 2.45) is 17.3 Å². The maximum absolute atomic E-state index is 14.8. The Kier molecular flexibility index (Phi) is 12.1.